The van der Waals surface area contributed by atoms with E-state index in [4.69, 9.17) is 4.74 Å². The van der Waals surface area contributed by atoms with Gasteiger partial charge in [-0.05, 0) is 81.6 Å². The second-order valence-electron chi connectivity index (χ2n) is 9.95. The van der Waals surface area contributed by atoms with Crippen LogP contribution < -0.4 is 0 Å². The van der Waals surface area contributed by atoms with E-state index >= 15 is 0 Å². The Morgan fingerprint density at radius 1 is 1.12 bits per heavy atom. The number of aromatic nitrogens is 2. The molecule has 0 unspecified atom stereocenters. The Hall–Kier alpha value is -2.18. The van der Waals surface area contributed by atoms with E-state index < -0.39 is 0 Å². The van der Waals surface area contributed by atoms with Crippen LogP contribution in [0.15, 0.2) is 30.3 Å². The Morgan fingerprint density at radius 2 is 1.84 bits per heavy atom. The number of nitrogens with zero attached hydrogens (tertiary/aromatic N) is 4. The monoisotopic (exact) mass is 436 g/mol. The van der Waals surface area contributed by atoms with E-state index in [0.717, 1.165) is 57.6 Å². The van der Waals surface area contributed by atoms with Crippen molar-refractivity contribution in [1.29, 1.82) is 0 Å². The molecule has 0 bridgehead atoms. The zero-order valence-corrected chi connectivity index (χ0v) is 19.5. The molecule has 1 amide bonds. The van der Waals surface area contributed by atoms with Gasteiger partial charge in [-0.1, -0.05) is 24.3 Å². The smallest absolute Gasteiger partial charge is 0.274 e. The number of benzene rings is 1. The third kappa shape index (κ3) is 4.62. The number of ether oxygens (including phenoxy) is 1. The normalized spacial score (nSPS) is 22.4. The summed E-state index contributed by atoms with van der Waals surface area (Å²) in [7, 11) is 1.90. The molecular weight excluding hydrogens is 400 g/mol. The van der Waals surface area contributed by atoms with Crippen molar-refractivity contribution in [3.05, 3.63) is 52.8 Å². The van der Waals surface area contributed by atoms with Crippen LogP contribution in [-0.4, -0.2) is 70.4 Å². The Bertz CT molecular complexity index is 897. The van der Waals surface area contributed by atoms with Gasteiger partial charge in [0, 0.05) is 38.5 Å². The molecule has 0 spiro atoms. The van der Waals surface area contributed by atoms with E-state index in [9.17, 15) is 4.79 Å². The van der Waals surface area contributed by atoms with Crippen molar-refractivity contribution >= 4 is 5.91 Å². The minimum atomic E-state index is 0.0536. The zero-order valence-electron chi connectivity index (χ0n) is 19.5. The van der Waals surface area contributed by atoms with Crippen molar-refractivity contribution in [2.24, 2.45) is 13.0 Å². The maximum Gasteiger partial charge on any atom is 0.274 e. The molecule has 1 aromatic carbocycles. The number of piperidine rings is 1. The van der Waals surface area contributed by atoms with E-state index in [1.54, 1.807) is 4.68 Å². The van der Waals surface area contributed by atoms with Crippen LogP contribution in [0, 0.1) is 12.8 Å². The Morgan fingerprint density at radius 3 is 2.44 bits per heavy atom. The first-order valence-corrected chi connectivity index (χ1v) is 12.3. The molecule has 3 heterocycles. The van der Waals surface area contributed by atoms with E-state index in [1.807, 2.05) is 24.9 Å². The van der Waals surface area contributed by atoms with Crippen LogP contribution in [-0.2, 0) is 24.6 Å². The van der Waals surface area contributed by atoms with Crippen LogP contribution in [0.3, 0.4) is 0 Å². The first-order valence-electron chi connectivity index (χ1n) is 12.3. The predicted molar refractivity (Wildman–Crippen MR) is 125 cm³/mol. The maximum atomic E-state index is 13.4. The fraction of sp³-hybridized carbons (Fsp3) is 0.615. The molecule has 0 N–H and O–H groups in total. The Kier molecular flexibility index (Phi) is 6.33. The summed E-state index contributed by atoms with van der Waals surface area (Å²) in [5, 5.41) is 4.46. The van der Waals surface area contributed by atoms with Crippen LogP contribution in [0.5, 0.6) is 0 Å². The lowest BCUT2D eigenvalue weighted by Gasteiger charge is -2.38. The van der Waals surface area contributed by atoms with E-state index in [1.165, 1.54) is 24.0 Å². The summed E-state index contributed by atoms with van der Waals surface area (Å²) >= 11 is 0. The van der Waals surface area contributed by atoms with Gasteiger partial charge in [-0.25, -0.2) is 0 Å². The van der Waals surface area contributed by atoms with Gasteiger partial charge in [0.2, 0.25) is 0 Å². The summed E-state index contributed by atoms with van der Waals surface area (Å²) in [5.41, 5.74) is 4.62. The van der Waals surface area contributed by atoms with Gasteiger partial charge in [0.25, 0.3) is 5.91 Å². The highest BCUT2D eigenvalue weighted by molar-refractivity contribution is 5.92. The van der Waals surface area contributed by atoms with Crippen molar-refractivity contribution in [2.45, 2.75) is 57.6 Å². The standard InChI is InChI=1S/C26H36N4O2/c1-19-14-25(27-28(19)2)26(31)30(18-24-8-5-13-32-24)17-20-9-11-29(12-10-20)23-15-21-6-3-4-7-22(21)16-23/h3-4,6-7,14,20,23-24H,5,8-13,15-18H2,1-2H3/t24-/m1/s1. The average molecular weight is 437 g/mol. The van der Waals surface area contributed by atoms with Gasteiger partial charge in [0.15, 0.2) is 5.69 Å². The largest absolute Gasteiger partial charge is 0.376 e. The third-order valence-corrected chi connectivity index (χ3v) is 7.74. The van der Waals surface area contributed by atoms with Crippen molar-refractivity contribution in [3.63, 3.8) is 0 Å². The van der Waals surface area contributed by atoms with Crippen LogP contribution >= 0.6 is 0 Å². The summed E-state index contributed by atoms with van der Waals surface area (Å²) in [4.78, 5) is 18.1. The minimum absolute atomic E-state index is 0.0536. The molecule has 2 aliphatic heterocycles. The lowest BCUT2D eigenvalue weighted by Crippen LogP contribution is -2.46. The highest BCUT2D eigenvalue weighted by atomic mass is 16.5. The summed E-state index contributed by atoms with van der Waals surface area (Å²) in [5.74, 6) is 0.600. The second kappa shape index (κ2) is 9.36. The summed E-state index contributed by atoms with van der Waals surface area (Å²) in [6.45, 7) is 6.57. The van der Waals surface area contributed by atoms with Gasteiger partial charge in [0.05, 0.1) is 6.10 Å². The molecule has 1 aromatic heterocycles. The lowest BCUT2D eigenvalue weighted by atomic mass is 9.94. The summed E-state index contributed by atoms with van der Waals surface area (Å²) < 4.78 is 7.66. The molecule has 0 radical (unpaired) electrons. The van der Waals surface area contributed by atoms with Gasteiger partial charge in [-0.2, -0.15) is 5.10 Å². The van der Waals surface area contributed by atoms with Crippen LogP contribution in [0.1, 0.15) is 53.0 Å². The highest BCUT2D eigenvalue weighted by Gasteiger charge is 2.32. The fourth-order valence-corrected chi connectivity index (χ4v) is 5.71. The summed E-state index contributed by atoms with van der Waals surface area (Å²) in [6, 6.07) is 11.5. The number of amides is 1. The molecule has 1 aliphatic carbocycles. The van der Waals surface area contributed by atoms with Crippen molar-refractivity contribution in [1.82, 2.24) is 19.6 Å². The lowest BCUT2D eigenvalue weighted by molar-refractivity contribution is 0.0425. The number of hydrogen-bond donors (Lipinski definition) is 0. The Labute approximate surface area is 191 Å². The first kappa shape index (κ1) is 21.7. The molecule has 2 aromatic rings. The molecule has 1 atom stereocenters. The van der Waals surface area contributed by atoms with Crippen LogP contribution in [0.4, 0.5) is 0 Å². The highest BCUT2D eigenvalue weighted by Crippen LogP contribution is 2.29. The van der Waals surface area contributed by atoms with E-state index in [2.05, 4.69) is 34.3 Å². The zero-order chi connectivity index (χ0) is 22.1. The Balaban J connectivity index is 1.20. The number of rotatable bonds is 6. The van der Waals surface area contributed by atoms with Gasteiger partial charge in [0.1, 0.15) is 0 Å². The van der Waals surface area contributed by atoms with Gasteiger partial charge in [-0.15, -0.1) is 0 Å². The van der Waals surface area contributed by atoms with Crippen LogP contribution in [0.2, 0.25) is 0 Å². The molecule has 3 aliphatic rings. The molecule has 6 nitrogen and oxygen atoms in total. The summed E-state index contributed by atoms with van der Waals surface area (Å²) in [6.07, 6.45) is 6.99. The molecule has 2 fully saturated rings. The molecule has 5 rings (SSSR count). The van der Waals surface area contributed by atoms with Crippen molar-refractivity contribution in [3.8, 4) is 0 Å². The minimum Gasteiger partial charge on any atom is -0.376 e. The predicted octanol–water partition coefficient (Wildman–Crippen LogP) is 3.23. The van der Waals surface area contributed by atoms with E-state index in [-0.39, 0.29) is 12.0 Å². The number of aryl methyl sites for hydroxylation is 2. The number of hydrogen-bond acceptors (Lipinski definition) is 4. The van der Waals surface area contributed by atoms with Gasteiger partial charge in [-0.3, -0.25) is 14.4 Å². The quantitative estimate of drug-likeness (QED) is 0.698. The number of fused-ring (bicyclic) bond motifs is 1. The average Bonchev–Trinajstić information content (AvgIpc) is 3.54. The van der Waals surface area contributed by atoms with Crippen LogP contribution in [0.25, 0.3) is 0 Å². The first-order chi connectivity index (χ1) is 15.6. The number of carbonyl (C=O) groups excluding carboxylic acids is 1. The molecule has 172 valence electrons. The van der Waals surface area contributed by atoms with Gasteiger partial charge < -0.3 is 9.64 Å². The molecule has 2 saturated heterocycles. The topological polar surface area (TPSA) is 50.6 Å². The van der Waals surface area contributed by atoms with Crippen molar-refractivity contribution in [2.75, 3.05) is 32.8 Å². The molecular formula is C26H36N4O2. The maximum absolute atomic E-state index is 13.4. The second-order valence-corrected chi connectivity index (χ2v) is 9.95. The molecule has 0 saturated carbocycles. The number of carbonyl (C=O) groups is 1. The van der Waals surface area contributed by atoms with Crippen molar-refractivity contribution < 1.29 is 9.53 Å². The SMILES string of the molecule is Cc1cc(C(=O)N(CC2CCN(C3Cc4ccccc4C3)CC2)C[C@H]2CCCO2)nn1C. The number of likely N-dealkylation sites (tertiary alicyclic amines) is 1. The molecule has 6 heteroatoms. The fourth-order valence-electron chi connectivity index (χ4n) is 5.71. The molecule has 32 heavy (non-hydrogen) atoms. The van der Waals surface area contributed by atoms with Gasteiger partial charge >= 0.3 is 0 Å². The van der Waals surface area contributed by atoms with E-state index in [0.29, 0.717) is 24.2 Å². The third-order valence-electron chi connectivity index (χ3n) is 7.74.